The summed E-state index contributed by atoms with van der Waals surface area (Å²) in [5.41, 5.74) is 0.871. The molecular weight excluding hydrogens is 278 g/mol. The molecule has 1 saturated carbocycles. The zero-order valence-corrected chi connectivity index (χ0v) is 13.7. The largest absolute Gasteiger partial charge is 0.497 e. The maximum Gasteiger partial charge on any atom is 0.306 e. The predicted octanol–water partition coefficient (Wildman–Crippen LogP) is 4.15. The van der Waals surface area contributed by atoms with Crippen molar-refractivity contribution in [3.05, 3.63) is 24.3 Å². The third kappa shape index (κ3) is 4.65. The number of carbonyl (C=O) groups excluding carboxylic acids is 1. The van der Waals surface area contributed by atoms with Crippen molar-refractivity contribution in [1.29, 1.82) is 0 Å². The van der Waals surface area contributed by atoms with Gasteiger partial charge in [0.05, 0.1) is 7.11 Å². The summed E-state index contributed by atoms with van der Waals surface area (Å²) in [6, 6.07) is 7.78. The second kappa shape index (κ2) is 8.06. The molecule has 4 nitrogen and oxygen atoms in total. The summed E-state index contributed by atoms with van der Waals surface area (Å²) in [7, 11) is 1.65. The number of esters is 1. The highest BCUT2D eigenvalue weighted by atomic mass is 16.6. The van der Waals surface area contributed by atoms with Crippen LogP contribution in [0.4, 0.5) is 5.69 Å². The minimum Gasteiger partial charge on any atom is -0.497 e. The average Bonchev–Trinajstić information content (AvgIpc) is 3.01. The summed E-state index contributed by atoms with van der Waals surface area (Å²) in [6.07, 6.45) is 6.61. The molecule has 22 heavy (non-hydrogen) atoms. The van der Waals surface area contributed by atoms with Crippen LogP contribution in [-0.2, 0) is 9.53 Å². The van der Waals surface area contributed by atoms with Gasteiger partial charge in [-0.1, -0.05) is 6.92 Å². The van der Waals surface area contributed by atoms with Crippen LogP contribution < -0.4 is 10.1 Å². The lowest BCUT2D eigenvalue weighted by Gasteiger charge is -2.27. The molecule has 0 heterocycles. The molecule has 122 valence electrons. The number of hydrogen-bond acceptors (Lipinski definition) is 4. The minimum absolute atomic E-state index is 0.0553. The molecule has 0 unspecified atom stereocenters. The fourth-order valence-electron chi connectivity index (χ4n) is 3.01. The van der Waals surface area contributed by atoms with Crippen LogP contribution in [0.2, 0.25) is 0 Å². The second-order valence-corrected chi connectivity index (χ2v) is 5.98. The first kappa shape index (κ1) is 16.7. The number of rotatable bonds is 8. The molecule has 1 aromatic carbocycles. The van der Waals surface area contributed by atoms with Gasteiger partial charge in [-0.3, -0.25) is 4.79 Å². The molecule has 0 aliphatic heterocycles. The molecule has 0 aromatic heterocycles. The third-order valence-electron chi connectivity index (χ3n) is 4.47. The van der Waals surface area contributed by atoms with Crippen LogP contribution in [0.1, 0.15) is 51.9 Å². The van der Waals surface area contributed by atoms with Crippen molar-refractivity contribution < 1.29 is 14.3 Å². The lowest BCUT2D eigenvalue weighted by Crippen LogP contribution is -2.31. The summed E-state index contributed by atoms with van der Waals surface area (Å²) in [6.45, 7) is 2.88. The third-order valence-corrected chi connectivity index (χ3v) is 4.47. The van der Waals surface area contributed by atoms with Gasteiger partial charge in [0.2, 0.25) is 0 Å². The Morgan fingerprint density at radius 1 is 1.23 bits per heavy atom. The zero-order valence-electron chi connectivity index (χ0n) is 13.7. The summed E-state index contributed by atoms with van der Waals surface area (Å²) in [5.74, 6) is 0.788. The highest BCUT2D eigenvalue weighted by Gasteiger charge is 2.35. The first-order valence-electron chi connectivity index (χ1n) is 8.27. The molecule has 1 aliphatic rings. The summed E-state index contributed by atoms with van der Waals surface area (Å²) >= 11 is 0. The Kier molecular flexibility index (Phi) is 6.10. The fourth-order valence-corrected chi connectivity index (χ4v) is 3.01. The van der Waals surface area contributed by atoms with Crippen LogP contribution >= 0.6 is 0 Å². The number of hydrogen-bond donors (Lipinski definition) is 1. The lowest BCUT2D eigenvalue weighted by atomic mass is 9.99. The second-order valence-electron chi connectivity index (χ2n) is 5.98. The Balaban J connectivity index is 1.66. The molecule has 1 aliphatic carbocycles. The lowest BCUT2D eigenvalue weighted by molar-refractivity contribution is -0.159. The van der Waals surface area contributed by atoms with E-state index in [4.69, 9.17) is 9.47 Å². The van der Waals surface area contributed by atoms with E-state index < -0.39 is 0 Å². The maximum absolute atomic E-state index is 12.0. The van der Waals surface area contributed by atoms with Gasteiger partial charge in [0.1, 0.15) is 11.4 Å². The van der Waals surface area contributed by atoms with Gasteiger partial charge >= 0.3 is 5.97 Å². The van der Waals surface area contributed by atoms with Gasteiger partial charge < -0.3 is 14.8 Å². The van der Waals surface area contributed by atoms with Crippen molar-refractivity contribution in [2.75, 3.05) is 19.0 Å². The van der Waals surface area contributed by atoms with Gasteiger partial charge in [0.25, 0.3) is 0 Å². The van der Waals surface area contributed by atoms with Crippen molar-refractivity contribution in [1.82, 2.24) is 0 Å². The van der Waals surface area contributed by atoms with E-state index in [1.165, 1.54) is 12.8 Å². The minimum atomic E-state index is -0.166. The maximum atomic E-state index is 12.0. The molecule has 0 spiro atoms. The van der Waals surface area contributed by atoms with E-state index in [2.05, 4.69) is 12.2 Å². The number of nitrogens with one attached hydrogen (secondary N) is 1. The van der Waals surface area contributed by atoms with Gasteiger partial charge in [-0.05, 0) is 62.8 Å². The van der Waals surface area contributed by atoms with Crippen molar-refractivity contribution in [2.45, 2.75) is 57.5 Å². The Morgan fingerprint density at radius 3 is 2.50 bits per heavy atom. The number of anilines is 1. The number of methoxy groups -OCH3 is 1. The van der Waals surface area contributed by atoms with Crippen LogP contribution in [0, 0.1) is 0 Å². The Hall–Kier alpha value is -1.71. The normalized spacial score (nSPS) is 16.3. The van der Waals surface area contributed by atoms with Crippen LogP contribution in [0.5, 0.6) is 5.75 Å². The van der Waals surface area contributed by atoms with Crippen molar-refractivity contribution in [3.63, 3.8) is 0 Å². The van der Waals surface area contributed by atoms with E-state index in [1.807, 2.05) is 24.3 Å². The van der Waals surface area contributed by atoms with E-state index >= 15 is 0 Å². The molecule has 0 saturated heterocycles. The van der Waals surface area contributed by atoms with Crippen molar-refractivity contribution >= 4 is 11.7 Å². The Morgan fingerprint density at radius 2 is 1.91 bits per heavy atom. The summed E-state index contributed by atoms with van der Waals surface area (Å²) in [4.78, 5) is 12.0. The molecule has 0 bridgehead atoms. The van der Waals surface area contributed by atoms with Gasteiger partial charge in [0.15, 0.2) is 0 Å². The molecule has 0 radical (unpaired) electrons. The highest BCUT2D eigenvalue weighted by molar-refractivity contribution is 5.70. The summed E-state index contributed by atoms with van der Waals surface area (Å²) < 4.78 is 10.9. The number of benzene rings is 1. The van der Waals surface area contributed by atoms with E-state index in [0.29, 0.717) is 6.42 Å². The van der Waals surface area contributed by atoms with E-state index in [-0.39, 0.29) is 11.6 Å². The highest BCUT2D eigenvalue weighted by Crippen LogP contribution is 2.36. The van der Waals surface area contributed by atoms with Gasteiger partial charge in [-0.15, -0.1) is 0 Å². The number of ether oxygens (including phenoxy) is 2. The molecule has 0 atom stereocenters. The molecule has 0 amide bonds. The first-order chi connectivity index (χ1) is 10.7. The fraction of sp³-hybridized carbons (Fsp3) is 0.611. The Bertz CT molecular complexity index is 464. The van der Waals surface area contributed by atoms with Gasteiger partial charge in [-0.2, -0.15) is 0 Å². The monoisotopic (exact) mass is 305 g/mol. The van der Waals surface area contributed by atoms with Crippen LogP contribution in [-0.4, -0.2) is 25.2 Å². The molecule has 1 aromatic rings. The standard InChI is InChI=1S/C18H27NO3/c1-3-18(12-4-5-13-18)22-17(20)7-6-14-19-15-8-10-16(21-2)11-9-15/h8-11,19H,3-7,12-14H2,1-2H3. The van der Waals surface area contributed by atoms with Crippen LogP contribution in [0.25, 0.3) is 0 Å². The van der Waals surface area contributed by atoms with E-state index in [1.54, 1.807) is 7.11 Å². The number of carbonyl (C=O) groups is 1. The van der Waals surface area contributed by atoms with Gasteiger partial charge in [-0.25, -0.2) is 0 Å². The quantitative estimate of drug-likeness (QED) is 0.579. The molecule has 4 heteroatoms. The molecule has 1 fully saturated rings. The molecule has 1 N–H and O–H groups in total. The summed E-state index contributed by atoms with van der Waals surface area (Å²) in [5, 5.41) is 3.31. The van der Waals surface area contributed by atoms with Crippen molar-refractivity contribution in [2.24, 2.45) is 0 Å². The zero-order chi connectivity index (χ0) is 15.8. The molecule has 2 rings (SSSR count). The average molecular weight is 305 g/mol. The molecular formula is C18H27NO3. The smallest absolute Gasteiger partial charge is 0.306 e. The Labute approximate surface area is 133 Å². The van der Waals surface area contributed by atoms with Gasteiger partial charge in [0, 0.05) is 18.7 Å². The van der Waals surface area contributed by atoms with E-state index in [9.17, 15) is 4.79 Å². The predicted molar refractivity (Wildman–Crippen MR) is 88.3 cm³/mol. The van der Waals surface area contributed by atoms with Crippen molar-refractivity contribution in [3.8, 4) is 5.75 Å². The topological polar surface area (TPSA) is 47.6 Å². The SMILES string of the molecule is CCC1(OC(=O)CCCNc2ccc(OC)cc2)CCCC1. The van der Waals surface area contributed by atoms with E-state index in [0.717, 1.165) is 43.7 Å². The first-order valence-corrected chi connectivity index (χ1v) is 8.27. The van der Waals surface area contributed by atoms with Crippen LogP contribution in [0.3, 0.4) is 0 Å². The van der Waals surface area contributed by atoms with Crippen LogP contribution in [0.15, 0.2) is 24.3 Å².